The Bertz CT molecular complexity index is 475. The Kier molecular flexibility index (Phi) is 5.14. The fraction of sp³-hybridized carbons (Fsp3) is 0.632. The van der Waals surface area contributed by atoms with Crippen LogP contribution in [0.2, 0.25) is 0 Å². The third-order valence-corrected chi connectivity index (χ3v) is 5.23. The number of piperidine rings is 1. The van der Waals surface area contributed by atoms with E-state index in [2.05, 4.69) is 41.8 Å². The molecule has 0 spiro atoms. The Labute approximate surface area is 133 Å². The van der Waals surface area contributed by atoms with Gasteiger partial charge in [-0.3, -0.25) is 4.79 Å². The number of hydrogen-bond acceptors (Lipinski definition) is 2. The molecule has 3 unspecified atom stereocenters. The third kappa shape index (κ3) is 4.10. The summed E-state index contributed by atoms with van der Waals surface area (Å²) in [6.45, 7) is 2.15. The van der Waals surface area contributed by atoms with Gasteiger partial charge in [0, 0.05) is 24.5 Å². The van der Waals surface area contributed by atoms with Gasteiger partial charge in [0.05, 0.1) is 0 Å². The highest BCUT2D eigenvalue weighted by molar-refractivity contribution is 5.76. The van der Waals surface area contributed by atoms with Crippen LogP contribution in [0.1, 0.15) is 51.0 Å². The number of amides is 1. The quantitative estimate of drug-likeness (QED) is 0.848. The minimum Gasteiger partial charge on any atom is -0.353 e. The maximum Gasteiger partial charge on any atom is 0.220 e. The van der Waals surface area contributed by atoms with Crippen LogP contribution in [0.15, 0.2) is 30.3 Å². The Morgan fingerprint density at radius 2 is 1.91 bits per heavy atom. The fourth-order valence-electron chi connectivity index (χ4n) is 4.09. The molecule has 1 aromatic carbocycles. The molecule has 3 heteroatoms. The molecule has 2 saturated heterocycles. The molecule has 0 radical (unpaired) electrons. The van der Waals surface area contributed by atoms with Crippen molar-refractivity contribution in [2.45, 2.75) is 70.0 Å². The van der Waals surface area contributed by atoms with E-state index in [1.807, 2.05) is 6.07 Å². The largest absolute Gasteiger partial charge is 0.353 e. The summed E-state index contributed by atoms with van der Waals surface area (Å²) in [4.78, 5) is 12.4. The summed E-state index contributed by atoms with van der Waals surface area (Å²) in [6.07, 6.45) is 7.58. The molecule has 0 saturated carbocycles. The molecule has 2 aliphatic heterocycles. The van der Waals surface area contributed by atoms with Crippen LogP contribution in [0.4, 0.5) is 0 Å². The second-order valence-corrected chi connectivity index (χ2v) is 7.04. The lowest BCUT2D eigenvalue weighted by Gasteiger charge is -2.29. The van der Waals surface area contributed by atoms with Crippen LogP contribution < -0.4 is 10.6 Å². The molecule has 1 amide bonds. The van der Waals surface area contributed by atoms with Crippen LogP contribution >= 0.6 is 0 Å². The van der Waals surface area contributed by atoms with E-state index in [-0.39, 0.29) is 11.9 Å². The summed E-state index contributed by atoms with van der Waals surface area (Å²) in [5.41, 5.74) is 1.30. The zero-order valence-corrected chi connectivity index (χ0v) is 13.6. The summed E-state index contributed by atoms with van der Waals surface area (Å²) in [7, 11) is 0. The van der Waals surface area contributed by atoms with Crippen molar-refractivity contribution in [2.24, 2.45) is 5.92 Å². The minimum atomic E-state index is 0.245. The molecular weight excluding hydrogens is 272 g/mol. The molecule has 3 nitrogen and oxygen atoms in total. The van der Waals surface area contributed by atoms with Crippen molar-refractivity contribution in [1.82, 2.24) is 10.6 Å². The summed E-state index contributed by atoms with van der Waals surface area (Å²) < 4.78 is 0. The van der Waals surface area contributed by atoms with Gasteiger partial charge in [0.1, 0.15) is 0 Å². The number of nitrogens with one attached hydrogen (secondary N) is 2. The minimum absolute atomic E-state index is 0.245. The molecule has 2 heterocycles. The standard InChI is InChI=1S/C19H28N2O/c1-2-16(10-14-6-4-3-5-7-14)21-19(22)13-15-11-17-8-9-18(12-15)20-17/h3-7,15-18,20H,2,8-13H2,1H3,(H,21,22). The van der Waals surface area contributed by atoms with Crippen molar-refractivity contribution in [2.75, 3.05) is 0 Å². The van der Waals surface area contributed by atoms with Crippen molar-refractivity contribution < 1.29 is 4.79 Å². The van der Waals surface area contributed by atoms with Crippen LogP contribution in [0.3, 0.4) is 0 Å². The van der Waals surface area contributed by atoms with Crippen LogP contribution in [0.25, 0.3) is 0 Å². The van der Waals surface area contributed by atoms with Gasteiger partial charge in [0.2, 0.25) is 5.91 Å². The van der Waals surface area contributed by atoms with Gasteiger partial charge in [-0.05, 0) is 50.0 Å². The van der Waals surface area contributed by atoms with Gasteiger partial charge < -0.3 is 10.6 Å². The number of fused-ring (bicyclic) bond motifs is 2. The highest BCUT2D eigenvalue weighted by Gasteiger charge is 2.34. The predicted octanol–water partition coefficient (Wildman–Crippen LogP) is 3.04. The zero-order chi connectivity index (χ0) is 15.4. The first-order valence-electron chi connectivity index (χ1n) is 8.82. The third-order valence-electron chi connectivity index (χ3n) is 5.23. The molecule has 2 bridgehead atoms. The lowest BCUT2D eigenvalue weighted by molar-refractivity contribution is -0.123. The van der Waals surface area contributed by atoms with Gasteiger partial charge in [-0.25, -0.2) is 0 Å². The number of rotatable bonds is 6. The highest BCUT2D eigenvalue weighted by atomic mass is 16.1. The molecule has 120 valence electrons. The Morgan fingerprint density at radius 3 is 2.55 bits per heavy atom. The second-order valence-electron chi connectivity index (χ2n) is 7.04. The normalized spacial score (nSPS) is 28.3. The van der Waals surface area contributed by atoms with Crippen LogP contribution in [-0.2, 0) is 11.2 Å². The van der Waals surface area contributed by atoms with Gasteiger partial charge in [-0.1, -0.05) is 37.3 Å². The first kappa shape index (κ1) is 15.5. The average Bonchev–Trinajstić information content (AvgIpc) is 2.86. The molecule has 2 N–H and O–H groups in total. The predicted molar refractivity (Wildman–Crippen MR) is 89.7 cm³/mol. The summed E-state index contributed by atoms with van der Waals surface area (Å²) in [6, 6.07) is 12.0. The Morgan fingerprint density at radius 1 is 1.23 bits per heavy atom. The Hall–Kier alpha value is -1.35. The average molecular weight is 300 g/mol. The van der Waals surface area contributed by atoms with Gasteiger partial charge in [0.25, 0.3) is 0 Å². The van der Waals surface area contributed by atoms with Crippen LogP contribution in [-0.4, -0.2) is 24.0 Å². The van der Waals surface area contributed by atoms with E-state index in [9.17, 15) is 4.79 Å². The molecule has 3 rings (SSSR count). The Balaban J connectivity index is 1.47. The maximum absolute atomic E-state index is 12.4. The van der Waals surface area contributed by atoms with Crippen molar-refractivity contribution in [3.63, 3.8) is 0 Å². The number of carbonyl (C=O) groups excluding carboxylic acids is 1. The number of hydrogen-bond donors (Lipinski definition) is 2. The van der Waals surface area contributed by atoms with E-state index in [4.69, 9.17) is 0 Å². The lowest BCUT2D eigenvalue weighted by atomic mass is 9.89. The van der Waals surface area contributed by atoms with Gasteiger partial charge in [-0.15, -0.1) is 0 Å². The van der Waals surface area contributed by atoms with Crippen molar-refractivity contribution >= 4 is 5.91 Å². The first-order valence-corrected chi connectivity index (χ1v) is 8.82. The molecule has 2 aliphatic rings. The maximum atomic E-state index is 12.4. The molecule has 0 aliphatic carbocycles. The van der Waals surface area contributed by atoms with Crippen LogP contribution in [0.5, 0.6) is 0 Å². The summed E-state index contributed by atoms with van der Waals surface area (Å²) >= 11 is 0. The summed E-state index contributed by atoms with van der Waals surface area (Å²) in [5.74, 6) is 0.821. The van der Waals surface area contributed by atoms with Crippen LogP contribution in [0, 0.1) is 5.92 Å². The zero-order valence-electron chi connectivity index (χ0n) is 13.6. The molecule has 0 aromatic heterocycles. The molecular formula is C19H28N2O. The SMILES string of the molecule is CCC(Cc1ccccc1)NC(=O)CC1CC2CCC(C1)N2. The second kappa shape index (κ2) is 7.28. The summed E-state index contributed by atoms with van der Waals surface area (Å²) in [5, 5.41) is 6.90. The van der Waals surface area contributed by atoms with E-state index in [0.717, 1.165) is 12.8 Å². The van der Waals surface area contributed by atoms with Gasteiger partial charge >= 0.3 is 0 Å². The highest BCUT2D eigenvalue weighted by Crippen LogP contribution is 2.32. The monoisotopic (exact) mass is 300 g/mol. The number of carbonyl (C=O) groups is 1. The van der Waals surface area contributed by atoms with E-state index < -0.39 is 0 Å². The van der Waals surface area contributed by atoms with E-state index in [1.165, 1.54) is 31.2 Å². The fourth-order valence-corrected chi connectivity index (χ4v) is 4.09. The van der Waals surface area contributed by atoms with Crippen molar-refractivity contribution in [3.8, 4) is 0 Å². The first-order chi connectivity index (χ1) is 10.7. The van der Waals surface area contributed by atoms with Crippen molar-refractivity contribution in [1.29, 1.82) is 0 Å². The topological polar surface area (TPSA) is 41.1 Å². The molecule has 3 atom stereocenters. The van der Waals surface area contributed by atoms with E-state index >= 15 is 0 Å². The smallest absolute Gasteiger partial charge is 0.220 e. The molecule has 22 heavy (non-hydrogen) atoms. The molecule has 2 fully saturated rings. The van der Waals surface area contributed by atoms with E-state index in [0.29, 0.717) is 24.4 Å². The van der Waals surface area contributed by atoms with Gasteiger partial charge in [-0.2, -0.15) is 0 Å². The van der Waals surface area contributed by atoms with E-state index in [1.54, 1.807) is 0 Å². The van der Waals surface area contributed by atoms with Gasteiger partial charge in [0.15, 0.2) is 0 Å². The molecule has 1 aromatic rings. The van der Waals surface area contributed by atoms with Crippen molar-refractivity contribution in [3.05, 3.63) is 35.9 Å². The lowest BCUT2D eigenvalue weighted by Crippen LogP contribution is -2.41. The number of benzene rings is 1.